The minimum absolute atomic E-state index is 1.18. The lowest BCUT2D eigenvalue weighted by atomic mass is 10.0. The first-order valence-corrected chi connectivity index (χ1v) is 9.55. The monoisotopic (exact) mass is 303 g/mol. The zero-order chi connectivity index (χ0) is 15.9. The van der Waals surface area contributed by atoms with Gasteiger partial charge in [0.1, 0.15) is 0 Å². The van der Waals surface area contributed by atoms with Crippen LogP contribution in [0.3, 0.4) is 0 Å². The average Bonchev–Trinajstić information content (AvgIpc) is 2.56. The van der Waals surface area contributed by atoms with Gasteiger partial charge < -0.3 is 4.90 Å². The molecule has 0 amide bonds. The molecule has 22 heavy (non-hydrogen) atoms. The van der Waals surface area contributed by atoms with Gasteiger partial charge in [0.15, 0.2) is 0 Å². The number of unbranched alkanes of at least 4 members (excludes halogenated alkanes) is 9. The molecule has 1 aromatic carbocycles. The lowest BCUT2D eigenvalue weighted by molar-refractivity contribution is 0.340. The van der Waals surface area contributed by atoms with Crippen LogP contribution in [0.5, 0.6) is 0 Å². The lowest BCUT2D eigenvalue weighted by Gasteiger charge is -2.12. The van der Waals surface area contributed by atoms with Gasteiger partial charge in [0.2, 0.25) is 0 Å². The fourth-order valence-electron chi connectivity index (χ4n) is 2.93. The van der Waals surface area contributed by atoms with Crippen molar-refractivity contribution >= 4 is 0 Å². The van der Waals surface area contributed by atoms with E-state index in [-0.39, 0.29) is 0 Å². The molecule has 0 spiro atoms. The van der Waals surface area contributed by atoms with Gasteiger partial charge in [0.05, 0.1) is 0 Å². The van der Waals surface area contributed by atoms with Crippen LogP contribution < -0.4 is 0 Å². The van der Waals surface area contributed by atoms with E-state index in [4.69, 9.17) is 0 Å². The van der Waals surface area contributed by atoms with E-state index in [1.165, 1.54) is 89.3 Å². The smallest absolute Gasteiger partial charge is 0.00219 e. The molecule has 0 aliphatic rings. The summed E-state index contributed by atoms with van der Waals surface area (Å²) in [6, 6.07) is 10.9. The van der Waals surface area contributed by atoms with E-state index in [1.807, 2.05) is 0 Å². The molecule has 1 heteroatoms. The molecule has 0 aromatic heterocycles. The second-order valence-electron chi connectivity index (χ2n) is 6.67. The van der Waals surface area contributed by atoms with Crippen molar-refractivity contribution < 1.29 is 0 Å². The highest BCUT2D eigenvalue weighted by atomic mass is 15.1. The molecule has 0 atom stereocenters. The lowest BCUT2D eigenvalue weighted by Crippen LogP contribution is -2.18. The fraction of sp³-hybridized carbons (Fsp3) is 0.714. The molecule has 0 radical (unpaired) electrons. The van der Waals surface area contributed by atoms with Gasteiger partial charge in [0, 0.05) is 0 Å². The molecule has 0 saturated carbocycles. The summed E-state index contributed by atoms with van der Waals surface area (Å²) in [5, 5.41) is 0. The highest BCUT2D eigenvalue weighted by molar-refractivity contribution is 5.14. The van der Waals surface area contributed by atoms with Crippen molar-refractivity contribution in [3.8, 4) is 0 Å². The van der Waals surface area contributed by atoms with Gasteiger partial charge in [-0.2, -0.15) is 0 Å². The Morgan fingerprint density at radius 3 is 1.73 bits per heavy atom. The number of benzene rings is 1. The molecule has 1 nitrogen and oxygen atoms in total. The second-order valence-corrected chi connectivity index (χ2v) is 6.67. The SMILES string of the molecule is CCN(C)CCCCCCCCCCCCc1ccccc1. The summed E-state index contributed by atoms with van der Waals surface area (Å²) < 4.78 is 0. The van der Waals surface area contributed by atoms with Crippen LogP contribution in [0.15, 0.2) is 30.3 Å². The molecule has 1 rings (SSSR count). The summed E-state index contributed by atoms with van der Waals surface area (Å²) >= 11 is 0. The first kappa shape index (κ1) is 19.2. The van der Waals surface area contributed by atoms with Crippen molar-refractivity contribution in [1.82, 2.24) is 4.90 Å². The predicted octanol–water partition coefficient (Wildman–Crippen LogP) is 6.08. The molecule has 126 valence electrons. The van der Waals surface area contributed by atoms with E-state index in [2.05, 4.69) is 49.2 Å². The molecular weight excluding hydrogens is 266 g/mol. The molecule has 0 unspecified atom stereocenters. The van der Waals surface area contributed by atoms with Crippen molar-refractivity contribution in [3.05, 3.63) is 35.9 Å². The standard InChI is InChI=1S/C21H37N/c1-3-22(2)20-16-11-9-7-5-4-6-8-10-13-17-21-18-14-12-15-19-21/h12,14-15,18-19H,3-11,13,16-17,20H2,1-2H3. The Morgan fingerprint density at radius 2 is 1.18 bits per heavy atom. The molecule has 0 heterocycles. The summed E-state index contributed by atoms with van der Waals surface area (Å²) in [5.41, 5.74) is 1.50. The normalized spacial score (nSPS) is 11.2. The molecule has 0 fully saturated rings. The van der Waals surface area contributed by atoms with Gasteiger partial charge in [0.25, 0.3) is 0 Å². The van der Waals surface area contributed by atoms with Crippen molar-refractivity contribution in [2.24, 2.45) is 0 Å². The topological polar surface area (TPSA) is 3.24 Å². The summed E-state index contributed by atoms with van der Waals surface area (Å²) in [6.07, 6.45) is 15.4. The minimum Gasteiger partial charge on any atom is -0.307 e. The number of hydrogen-bond donors (Lipinski definition) is 0. The minimum atomic E-state index is 1.18. The van der Waals surface area contributed by atoms with Crippen LogP contribution in [0.1, 0.15) is 76.7 Å². The van der Waals surface area contributed by atoms with Gasteiger partial charge in [-0.3, -0.25) is 0 Å². The summed E-state index contributed by atoms with van der Waals surface area (Å²) in [5.74, 6) is 0. The Balaban J connectivity index is 1.77. The van der Waals surface area contributed by atoms with Gasteiger partial charge >= 0.3 is 0 Å². The van der Waals surface area contributed by atoms with Crippen LogP contribution in [0.4, 0.5) is 0 Å². The molecular formula is C21H37N. The molecule has 0 aliphatic carbocycles. The Morgan fingerprint density at radius 1 is 0.682 bits per heavy atom. The quantitative estimate of drug-likeness (QED) is 0.376. The van der Waals surface area contributed by atoms with Crippen LogP contribution in [0, 0.1) is 0 Å². The summed E-state index contributed by atoms with van der Waals surface area (Å²) in [7, 11) is 2.22. The van der Waals surface area contributed by atoms with Gasteiger partial charge in [-0.15, -0.1) is 0 Å². The molecule has 1 aromatic rings. The third-order valence-corrected chi connectivity index (χ3v) is 4.64. The number of aryl methyl sites for hydroxylation is 1. The maximum absolute atomic E-state index is 2.41. The largest absolute Gasteiger partial charge is 0.307 e. The predicted molar refractivity (Wildman–Crippen MR) is 99.5 cm³/mol. The Bertz CT molecular complexity index is 333. The molecule has 0 N–H and O–H groups in total. The van der Waals surface area contributed by atoms with Crippen molar-refractivity contribution in [3.63, 3.8) is 0 Å². The van der Waals surface area contributed by atoms with E-state index in [9.17, 15) is 0 Å². The first-order valence-electron chi connectivity index (χ1n) is 9.55. The van der Waals surface area contributed by atoms with Crippen LogP contribution in [-0.4, -0.2) is 25.0 Å². The van der Waals surface area contributed by atoms with Crippen LogP contribution >= 0.6 is 0 Å². The zero-order valence-corrected chi connectivity index (χ0v) is 15.0. The molecule has 0 aliphatic heterocycles. The van der Waals surface area contributed by atoms with Crippen molar-refractivity contribution in [1.29, 1.82) is 0 Å². The number of nitrogens with zero attached hydrogens (tertiary/aromatic N) is 1. The number of hydrogen-bond acceptors (Lipinski definition) is 1. The van der Waals surface area contributed by atoms with Crippen LogP contribution in [0.2, 0.25) is 0 Å². The average molecular weight is 304 g/mol. The molecule has 0 bridgehead atoms. The van der Waals surface area contributed by atoms with Gasteiger partial charge in [-0.1, -0.05) is 88.6 Å². The Kier molecular flexibility index (Phi) is 12.1. The highest BCUT2D eigenvalue weighted by Gasteiger charge is 1.96. The van der Waals surface area contributed by atoms with Crippen LogP contribution in [0.25, 0.3) is 0 Å². The second kappa shape index (κ2) is 13.8. The first-order chi connectivity index (χ1) is 10.8. The Labute approximate surface area is 139 Å². The zero-order valence-electron chi connectivity index (χ0n) is 15.0. The van der Waals surface area contributed by atoms with E-state index in [0.29, 0.717) is 0 Å². The maximum atomic E-state index is 2.41. The highest BCUT2D eigenvalue weighted by Crippen LogP contribution is 2.12. The van der Waals surface area contributed by atoms with Crippen LogP contribution in [-0.2, 0) is 6.42 Å². The summed E-state index contributed by atoms with van der Waals surface area (Å²) in [6.45, 7) is 4.70. The van der Waals surface area contributed by atoms with Crippen molar-refractivity contribution in [2.45, 2.75) is 77.6 Å². The van der Waals surface area contributed by atoms with E-state index < -0.39 is 0 Å². The van der Waals surface area contributed by atoms with Crippen molar-refractivity contribution in [2.75, 3.05) is 20.1 Å². The van der Waals surface area contributed by atoms with E-state index >= 15 is 0 Å². The summed E-state index contributed by atoms with van der Waals surface area (Å²) in [4.78, 5) is 2.41. The molecule has 0 saturated heterocycles. The third kappa shape index (κ3) is 10.8. The van der Waals surface area contributed by atoms with E-state index in [0.717, 1.165) is 0 Å². The Hall–Kier alpha value is -0.820. The van der Waals surface area contributed by atoms with Gasteiger partial charge in [-0.05, 0) is 45.0 Å². The van der Waals surface area contributed by atoms with E-state index in [1.54, 1.807) is 0 Å². The third-order valence-electron chi connectivity index (χ3n) is 4.64. The van der Waals surface area contributed by atoms with Gasteiger partial charge in [-0.25, -0.2) is 0 Å². The fourth-order valence-corrected chi connectivity index (χ4v) is 2.93. The maximum Gasteiger partial charge on any atom is -0.00219 e. The number of rotatable bonds is 14.